The molecule has 0 amide bonds. The van der Waals surface area contributed by atoms with Crippen LogP contribution in [0.1, 0.15) is 47.0 Å². The standard InChI is InChI=1S/C18H27N3S/c1-5-16(10-15(21)8-9-19)22-18-14(4)12(2)6-7-13(3)17(18)11-20/h5,8-9,11-12,19-20H,6-7,10,21H2,1-4H3/b15-8?,16-5+,19-9?,20-11?. The molecule has 1 unspecified atom stereocenters. The van der Waals surface area contributed by atoms with Crippen LogP contribution in [0.5, 0.6) is 0 Å². The molecule has 0 heterocycles. The van der Waals surface area contributed by atoms with Crippen molar-refractivity contribution in [2.24, 2.45) is 11.7 Å². The van der Waals surface area contributed by atoms with E-state index in [1.807, 2.05) is 6.92 Å². The van der Waals surface area contributed by atoms with E-state index in [-0.39, 0.29) is 0 Å². The van der Waals surface area contributed by atoms with E-state index in [9.17, 15) is 0 Å². The molecule has 0 radical (unpaired) electrons. The summed E-state index contributed by atoms with van der Waals surface area (Å²) in [6, 6.07) is 0. The van der Waals surface area contributed by atoms with Crippen LogP contribution in [0.2, 0.25) is 0 Å². The average Bonchev–Trinajstić information content (AvgIpc) is 2.59. The third kappa shape index (κ3) is 4.73. The van der Waals surface area contributed by atoms with Crippen molar-refractivity contribution < 1.29 is 0 Å². The van der Waals surface area contributed by atoms with E-state index >= 15 is 0 Å². The molecule has 1 aliphatic rings. The summed E-state index contributed by atoms with van der Waals surface area (Å²) in [6.07, 6.45) is 9.24. The predicted octanol–water partition coefficient (Wildman–Crippen LogP) is 5.18. The lowest BCUT2D eigenvalue weighted by Gasteiger charge is -2.17. The Morgan fingerprint density at radius 3 is 2.59 bits per heavy atom. The zero-order valence-corrected chi connectivity index (χ0v) is 14.8. The van der Waals surface area contributed by atoms with Gasteiger partial charge in [0.15, 0.2) is 0 Å². The van der Waals surface area contributed by atoms with Gasteiger partial charge in [-0.05, 0) is 50.5 Å². The summed E-state index contributed by atoms with van der Waals surface area (Å²) in [4.78, 5) is 2.36. The monoisotopic (exact) mass is 317 g/mol. The van der Waals surface area contributed by atoms with Crippen molar-refractivity contribution in [2.75, 3.05) is 0 Å². The Bertz CT molecular complexity index is 565. The van der Waals surface area contributed by atoms with E-state index in [4.69, 9.17) is 16.6 Å². The Kier molecular flexibility index (Phi) is 7.39. The van der Waals surface area contributed by atoms with Gasteiger partial charge in [-0.25, -0.2) is 0 Å². The zero-order valence-electron chi connectivity index (χ0n) is 14.0. The fourth-order valence-corrected chi connectivity index (χ4v) is 3.76. The second-order valence-corrected chi connectivity index (χ2v) is 6.87. The van der Waals surface area contributed by atoms with E-state index in [0.717, 1.165) is 23.3 Å². The first-order chi connectivity index (χ1) is 10.4. The summed E-state index contributed by atoms with van der Waals surface area (Å²) < 4.78 is 0. The molecule has 1 atom stereocenters. The molecule has 0 spiro atoms. The van der Waals surface area contributed by atoms with Crippen LogP contribution in [0.15, 0.2) is 44.4 Å². The molecule has 0 saturated heterocycles. The summed E-state index contributed by atoms with van der Waals surface area (Å²) in [7, 11) is 0. The highest BCUT2D eigenvalue weighted by Crippen LogP contribution is 2.41. The lowest BCUT2D eigenvalue weighted by molar-refractivity contribution is 0.616. The van der Waals surface area contributed by atoms with Crippen molar-refractivity contribution in [3.05, 3.63) is 44.4 Å². The van der Waals surface area contributed by atoms with Gasteiger partial charge in [0.05, 0.1) is 0 Å². The topological polar surface area (TPSA) is 73.7 Å². The maximum atomic E-state index is 7.80. The molecule has 0 aliphatic heterocycles. The highest BCUT2D eigenvalue weighted by atomic mass is 32.2. The molecule has 1 rings (SSSR count). The second kappa shape index (κ2) is 8.79. The largest absolute Gasteiger partial charge is 0.402 e. The van der Waals surface area contributed by atoms with E-state index in [0.29, 0.717) is 18.0 Å². The first-order valence-electron chi connectivity index (χ1n) is 7.64. The first kappa shape index (κ1) is 18.5. The van der Waals surface area contributed by atoms with Gasteiger partial charge in [0, 0.05) is 35.0 Å². The molecule has 4 heteroatoms. The number of hydrogen-bond acceptors (Lipinski definition) is 4. The summed E-state index contributed by atoms with van der Waals surface area (Å²) in [6.45, 7) is 8.58. The van der Waals surface area contributed by atoms with Gasteiger partial charge in [-0.1, -0.05) is 35.9 Å². The van der Waals surface area contributed by atoms with Crippen LogP contribution in [-0.4, -0.2) is 12.4 Å². The van der Waals surface area contributed by atoms with Crippen LogP contribution in [-0.2, 0) is 0 Å². The minimum absolute atomic E-state index is 0.530. The SMILES string of the molecule is C/C=C(\CC(N)=CC=N)SC1=C(C)C(C)CCC(C)=C1C=N. The summed E-state index contributed by atoms with van der Waals surface area (Å²) in [5.74, 6) is 0.530. The molecule has 22 heavy (non-hydrogen) atoms. The Morgan fingerprint density at radius 1 is 1.36 bits per heavy atom. The predicted molar refractivity (Wildman–Crippen MR) is 99.6 cm³/mol. The van der Waals surface area contributed by atoms with Crippen molar-refractivity contribution in [1.82, 2.24) is 0 Å². The molecule has 3 nitrogen and oxygen atoms in total. The molecule has 0 bridgehead atoms. The Balaban J connectivity index is 3.15. The molecule has 4 N–H and O–H groups in total. The summed E-state index contributed by atoms with van der Waals surface area (Å²) in [5.41, 5.74) is 10.3. The molecule has 0 saturated carbocycles. The minimum atomic E-state index is 0.530. The Morgan fingerprint density at radius 2 is 2.05 bits per heavy atom. The van der Waals surface area contributed by atoms with E-state index in [1.54, 1.807) is 17.8 Å². The van der Waals surface area contributed by atoms with E-state index in [1.165, 1.54) is 28.5 Å². The quantitative estimate of drug-likeness (QED) is 0.591. The van der Waals surface area contributed by atoms with E-state index < -0.39 is 0 Å². The minimum Gasteiger partial charge on any atom is -0.402 e. The first-order valence-corrected chi connectivity index (χ1v) is 8.45. The van der Waals surface area contributed by atoms with Gasteiger partial charge in [-0.2, -0.15) is 0 Å². The highest BCUT2D eigenvalue weighted by molar-refractivity contribution is 8.07. The summed E-state index contributed by atoms with van der Waals surface area (Å²) >= 11 is 1.72. The number of allylic oxidation sites excluding steroid dienone is 6. The van der Waals surface area contributed by atoms with Crippen molar-refractivity contribution in [3.8, 4) is 0 Å². The molecule has 0 fully saturated rings. The third-order valence-corrected chi connectivity index (χ3v) is 5.52. The summed E-state index contributed by atoms with van der Waals surface area (Å²) in [5, 5.41) is 14.9. The average molecular weight is 318 g/mol. The number of nitrogens with one attached hydrogen (secondary N) is 2. The van der Waals surface area contributed by atoms with Gasteiger partial charge in [0.25, 0.3) is 0 Å². The molecular formula is C18H27N3S. The zero-order chi connectivity index (χ0) is 16.7. The van der Waals surface area contributed by atoms with Crippen LogP contribution in [0, 0.1) is 16.7 Å². The number of nitrogens with two attached hydrogens (primary N) is 1. The van der Waals surface area contributed by atoms with Crippen molar-refractivity contribution in [3.63, 3.8) is 0 Å². The van der Waals surface area contributed by atoms with Crippen LogP contribution in [0.25, 0.3) is 0 Å². The van der Waals surface area contributed by atoms with E-state index in [2.05, 4.69) is 26.8 Å². The smallest absolute Gasteiger partial charge is 0.0261 e. The highest BCUT2D eigenvalue weighted by Gasteiger charge is 2.20. The molecule has 120 valence electrons. The van der Waals surface area contributed by atoms with Crippen molar-refractivity contribution in [1.29, 1.82) is 10.8 Å². The van der Waals surface area contributed by atoms with Gasteiger partial charge >= 0.3 is 0 Å². The van der Waals surface area contributed by atoms with Crippen LogP contribution in [0.4, 0.5) is 0 Å². The van der Waals surface area contributed by atoms with Crippen LogP contribution < -0.4 is 5.73 Å². The number of thioether (sulfide) groups is 1. The normalized spacial score (nSPS) is 21.0. The van der Waals surface area contributed by atoms with Crippen molar-refractivity contribution >= 4 is 24.2 Å². The molecular weight excluding hydrogens is 290 g/mol. The number of rotatable bonds is 6. The lowest BCUT2D eigenvalue weighted by atomic mass is 9.98. The lowest BCUT2D eigenvalue weighted by Crippen LogP contribution is -2.01. The van der Waals surface area contributed by atoms with Gasteiger partial charge in [0.1, 0.15) is 0 Å². The van der Waals surface area contributed by atoms with Crippen molar-refractivity contribution in [2.45, 2.75) is 47.0 Å². The van der Waals surface area contributed by atoms with Crippen LogP contribution >= 0.6 is 11.8 Å². The van der Waals surface area contributed by atoms with Gasteiger partial charge < -0.3 is 16.6 Å². The third-order valence-electron chi connectivity index (χ3n) is 4.13. The maximum Gasteiger partial charge on any atom is 0.0261 e. The molecule has 1 aliphatic carbocycles. The van der Waals surface area contributed by atoms with Gasteiger partial charge in [-0.15, -0.1) is 0 Å². The fraction of sp³-hybridized carbons (Fsp3) is 0.444. The van der Waals surface area contributed by atoms with Crippen LogP contribution in [0.3, 0.4) is 0 Å². The Hall–Kier alpha value is -1.55. The van der Waals surface area contributed by atoms with Gasteiger partial charge in [-0.3, -0.25) is 0 Å². The molecule has 0 aromatic heterocycles. The maximum absolute atomic E-state index is 7.80. The fourth-order valence-electron chi connectivity index (χ4n) is 2.43. The number of hydrogen-bond donors (Lipinski definition) is 3. The molecule has 0 aromatic carbocycles. The Labute approximate surface area is 138 Å². The van der Waals surface area contributed by atoms with Gasteiger partial charge in [0.2, 0.25) is 0 Å². The molecule has 0 aromatic rings. The second-order valence-electron chi connectivity index (χ2n) is 5.73.